The molecule has 2 heterocycles. The SMILES string of the molecule is CCc1cnc(CNC2CCC3(CC2)OCCO3)s1. The first-order chi connectivity index (χ1) is 9.30. The van der Waals surface area contributed by atoms with E-state index in [0.717, 1.165) is 51.9 Å². The number of thiazole rings is 1. The Morgan fingerprint density at radius 3 is 2.74 bits per heavy atom. The second kappa shape index (κ2) is 5.87. The van der Waals surface area contributed by atoms with Gasteiger partial charge in [-0.1, -0.05) is 6.92 Å². The molecule has 5 heteroatoms. The average Bonchev–Trinajstić information content (AvgIpc) is 3.08. The highest BCUT2D eigenvalue weighted by Crippen LogP contribution is 2.35. The average molecular weight is 282 g/mol. The van der Waals surface area contributed by atoms with Crippen LogP contribution in [0.2, 0.25) is 0 Å². The number of ether oxygens (including phenoxy) is 2. The fourth-order valence-corrected chi connectivity index (χ4v) is 3.69. The zero-order chi connectivity index (χ0) is 13.1. The molecule has 1 aromatic rings. The van der Waals surface area contributed by atoms with Gasteiger partial charge in [-0.25, -0.2) is 4.98 Å². The molecule has 0 bridgehead atoms. The zero-order valence-corrected chi connectivity index (χ0v) is 12.3. The highest BCUT2D eigenvalue weighted by molar-refractivity contribution is 7.11. The van der Waals surface area contributed by atoms with E-state index in [1.54, 1.807) is 0 Å². The molecule has 2 fully saturated rings. The summed E-state index contributed by atoms with van der Waals surface area (Å²) in [5.74, 6) is -0.241. The van der Waals surface area contributed by atoms with Crippen molar-refractivity contribution in [3.63, 3.8) is 0 Å². The Balaban J connectivity index is 1.44. The van der Waals surface area contributed by atoms with Crippen molar-refractivity contribution in [2.24, 2.45) is 0 Å². The van der Waals surface area contributed by atoms with E-state index in [9.17, 15) is 0 Å². The first-order valence-corrected chi connectivity index (χ1v) is 8.06. The summed E-state index contributed by atoms with van der Waals surface area (Å²) in [5, 5.41) is 4.82. The predicted octanol–water partition coefficient (Wildman–Crippen LogP) is 2.48. The third kappa shape index (κ3) is 3.16. The van der Waals surface area contributed by atoms with Gasteiger partial charge in [0.2, 0.25) is 0 Å². The van der Waals surface area contributed by atoms with Crippen LogP contribution in [0.5, 0.6) is 0 Å². The van der Waals surface area contributed by atoms with Crippen LogP contribution in [0.1, 0.15) is 42.5 Å². The van der Waals surface area contributed by atoms with Gasteiger partial charge in [-0.2, -0.15) is 0 Å². The van der Waals surface area contributed by atoms with Gasteiger partial charge in [0.25, 0.3) is 0 Å². The molecule has 1 saturated carbocycles. The van der Waals surface area contributed by atoms with Crippen molar-refractivity contribution in [3.05, 3.63) is 16.1 Å². The molecule has 1 aliphatic heterocycles. The first kappa shape index (κ1) is 13.5. The molecule has 2 aliphatic rings. The lowest BCUT2D eigenvalue weighted by molar-refractivity contribution is -0.179. The van der Waals surface area contributed by atoms with E-state index < -0.39 is 0 Å². The third-order valence-electron chi connectivity index (χ3n) is 4.05. The Kier molecular flexibility index (Phi) is 4.17. The van der Waals surface area contributed by atoms with Gasteiger partial charge in [0.15, 0.2) is 5.79 Å². The quantitative estimate of drug-likeness (QED) is 0.921. The summed E-state index contributed by atoms with van der Waals surface area (Å²) < 4.78 is 11.5. The lowest BCUT2D eigenvalue weighted by Crippen LogP contribution is -2.41. The van der Waals surface area contributed by atoms with Crippen LogP contribution in [0.4, 0.5) is 0 Å². The van der Waals surface area contributed by atoms with E-state index in [4.69, 9.17) is 9.47 Å². The maximum absolute atomic E-state index is 5.75. The van der Waals surface area contributed by atoms with Crippen molar-refractivity contribution in [3.8, 4) is 0 Å². The molecule has 0 amide bonds. The molecule has 1 spiro atoms. The van der Waals surface area contributed by atoms with Gasteiger partial charge in [0.05, 0.1) is 13.2 Å². The van der Waals surface area contributed by atoms with Crippen LogP contribution in [0, 0.1) is 0 Å². The molecule has 4 nitrogen and oxygen atoms in total. The summed E-state index contributed by atoms with van der Waals surface area (Å²) in [6.07, 6.45) is 7.37. The van der Waals surface area contributed by atoms with Crippen LogP contribution in [-0.2, 0) is 22.4 Å². The molecule has 1 aromatic heterocycles. The molecular formula is C14H22N2O2S. The summed E-state index contributed by atoms with van der Waals surface area (Å²) in [5.41, 5.74) is 0. The Morgan fingerprint density at radius 2 is 2.11 bits per heavy atom. The molecule has 19 heavy (non-hydrogen) atoms. The molecule has 0 atom stereocenters. The second-order valence-electron chi connectivity index (χ2n) is 5.34. The van der Waals surface area contributed by atoms with Crippen LogP contribution in [0.3, 0.4) is 0 Å². The maximum atomic E-state index is 5.75. The third-order valence-corrected chi connectivity index (χ3v) is 5.19. The van der Waals surface area contributed by atoms with Gasteiger partial charge in [-0.05, 0) is 19.3 Å². The van der Waals surface area contributed by atoms with Crippen molar-refractivity contribution < 1.29 is 9.47 Å². The normalized spacial score (nSPS) is 23.2. The lowest BCUT2D eigenvalue weighted by atomic mass is 9.90. The van der Waals surface area contributed by atoms with Crippen LogP contribution in [-0.4, -0.2) is 30.0 Å². The van der Waals surface area contributed by atoms with E-state index in [2.05, 4.69) is 17.2 Å². The van der Waals surface area contributed by atoms with E-state index >= 15 is 0 Å². The molecule has 3 rings (SSSR count). The fourth-order valence-electron chi connectivity index (χ4n) is 2.87. The van der Waals surface area contributed by atoms with Crippen molar-refractivity contribution in [1.29, 1.82) is 0 Å². The largest absolute Gasteiger partial charge is 0.348 e. The summed E-state index contributed by atoms with van der Waals surface area (Å²) in [6, 6.07) is 0.576. The van der Waals surface area contributed by atoms with Gasteiger partial charge in [0.1, 0.15) is 5.01 Å². The number of aryl methyl sites for hydroxylation is 1. The predicted molar refractivity (Wildman–Crippen MR) is 75.2 cm³/mol. The Bertz CT molecular complexity index is 405. The highest BCUT2D eigenvalue weighted by Gasteiger charge is 2.40. The number of hydrogen-bond acceptors (Lipinski definition) is 5. The van der Waals surface area contributed by atoms with Gasteiger partial charge < -0.3 is 14.8 Å². The summed E-state index contributed by atoms with van der Waals surface area (Å²) >= 11 is 1.82. The summed E-state index contributed by atoms with van der Waals surface area (Å²) in [4.78, 5) is 5.82. The lowest BCUT2D eigenvalue weighted by Gasteiger charge is -2.35. The topological polar surface area (TPSA) is 43.4 Å². The minimum Gasteiger partial charge on any atom is -0.348 e. The van der Waals surface area contributed by atoms with Gasteiger partial charge in [-0.15, -0.1) is 11.3 Å². The maximum Gasteiger partial charge on any atom is 0.168 e. The standard InChI is InChI=1S/C14H22N2O2S/c1-2-12-9-16-13(19-12)10-15-11-3-5-14(6-4-11)17-7-8-18-14/h9,11,15H,2-8,10H2,1H3. The Morgan fingerprint density at radius 1 is 1.37 bits per heavy atom. The minimum atomic E-state index is -0.241. The number of nitrogens with zero attached hydrogens (tertiary/aromatic N) is 1. The summed E-state index contributed by atoms with van der Waals surface area (Å²) in [6.45, 7) is 4.59. The number of aromatic nitrogens is 1. The minimum absolute atomic E-state index is 0.241. The number of rotatable bonds is 4. The summed E-state index contributed by atoms with van der Waals surface area (Å²) in [7, 11) is 0. The van der Waals surface area contributed by atoms with Crippen LogP contribution >= 0.6 is 11.3 Å². The molecule has 0 radical (unpaired) electrons. The molecule has 106 valence electrons. The molecule has 0 unspecified atom stereocenters. The first-order valence-electron chi connectivity index (χ1n) is 7.24. The molecular weight excluding hydrogens is 260 g/mol. The van der Waals surface area contributed by atoms with Crippen molar-refractivity contribution >= 4 is 11.3 Å². The van der Waals surface area contributed by atoms with E-state index in [-0.39, 0.29) is 5.79 Å². The van der Waals surface area contributed by atoms with Crippen molar-refractivity contribution in [1.82, 2.24) is 10.3 Å². The van der Waals surface area contributed by atoms with Gasteiger partial charge in [-0.3, -0.25) is 0 Å². The van der Waals surface area contributed by atoms with E-state index in [1.165, 1.54) is 9.88 Å². The number of hydrogen-bond donors (Lipinski definition) is 1. The van der Waals surface area contributed by atoms with Crippen molar-refractivity contribution in [2.45, 2.75) is 57.4 Å². The monoisotopic (exact) mass is 282 g/mol. The van der Waals surface area contributed by atoms with Crippen LogP contribution < -0.4 is 5.32 Å². The number of nitrogens with one attached hydrogen (secondary N) is 1. The van der Waals surface area contributed by atoms with Gasteiger partial charge >= 0.3 is 0 Å². The Labute approximate surface area is 118 Å². The molecule has 1 N–H and O–H groups in total. The molecule has 1 aliphatic carbocycles. The Hall–Kier alpha value is -0.490. The van der Waals surface area contributed by atoms with Crippen molar-refractivity contribution in [2.75, 3.05) is 13.2 Å². The zero-order valence-electron chi connectivity index (χ0n) is 11.5. The second-order valence-corrected chi connectivity index (χ2v) is 6.54. The van der Waals surface area contributed by atoms with E-state index in [0.29, 0.717) is 6.04 Å². The van der Waals surface area contributed by atoms with Crippen LogP contribution in [0.15, 0.2) is 6.20 Å². The smallest absolute Gasteiger partial charge is 0.168 e. The van der Waals surface area contributed by atoms with E-state index in [1.807, 2.05) is 17.5 Å². The molecule has 1 saturated heterocycles. The van der Waals surface area contributed by atoms with Gasteiger partial charge in [0, 0.05) is 36.5 Å². The molecule has 0 aromatic carbocycles. The van der Waals surface area contributed by atoms with Crippen LogP contribution in [0.25, 0.3) is 0 Å². The fraction of sp³-hybridized carbons (Fsp3) is 0.786. The highest BCUT2D eigenvalue weighted by atomic mass is 32.1.